The Morgan fingerprint density at radius 3 is 2.50 bits per heavy atom. The predicted molar refractivity (Wildman–Crippen MR) is 84.5 cm³/mol. The highest BCUT2D eigenvalue weighted by Crippen LogP contribution is 2.13. The molecule has 0 aliphatic rings. The summed E-state index contributed by atoms with van der Waals surface area (Å²) in [6, 6.07) is 10.3. The van der Waals surface area contributed by atoms with Crippen molar-refractivity contribution in [2.45, 2.75) is 40.0 Å². The van der Waals surface area contributed by atoms with Crippen LogP contribution < -0.4 is 10.6 Å². The van der Waals surface area contributed by atoms with Gasteiger partial charge in [-0.05, 0) is 30.2 Å². The Balaban J connectivity index is 2.06. The van der Waals surface area contributed by atoms with Crippen molar-refractivity contribution >= 4 is 6.03 Å². The van der Waals surface area contributed by atoms with Gasteiger partial charge in [0, 0.05) is 12.7 Å². The van der Waals surface area contributed by atoms with E-state index < -0.39 is 0 Å². The molecule has 0 fully saturated rings. The molecule has 0 saturated heterocycles. The van der Waals surface area contributed by atoms with Gasteiger partial charge in [0.05, 0.1) is 0 Å². The van der Waals surface area contributed by atoms with E-state index in [9.17, 15) is 4.79 Å². The summed E-state index contributed by atoms with van der Waals surface area (Å²) in [7, 11) is 0. The number of benzene rings is 1. The van der Waals surface area contributed by atoms with Crippen LogP contribution in [0.3, 0.4) is 0 Å². The Bertz CT molecular complexity index is 418. The second-order valence-electron chi connectivity index (χ2n) is 6.04. The molecule has 3 nitrogen and oxygen atoms in total. The monoisotopic (exact) mass is 274 g/mol. The molecule has 0 bridgehead atoms. The molecule has 0 aromatic heterocycles. The fourth-order valence-electron chi connectivity index (χ4n) is 1.72. The van der Waals surface area contributed by atoms with Crippen LogP contribution in [0.1, 0.15) is 39.2 Å². The second-order valence-corrected chi connectivity index (χ2v) is 6.04. The molecule has 3 heteroatoms. The zero-order valence-electron chi connectivity index (χ0n) is 12.8. The summed E-state index contributed by atoms with van der Waals surface area (Å²) in [5.74, 6) is 0. The van der Waals surface area contributed by atoms with Crippen molar-refractivity contribution in [2.24, 2.45) is 5.41 Å². The number of hydrogen-bond acceptors (Lipinski definition) is 1. The molecule has 0 radical (unpaired) electrons. The zero-order valence-corrected chi connectivity index (χ0v) is 12.8. The standard InChI is InChI=1S/C17H26N2O/c1-17(2,3)12-14-19-16(20)18-13-8-7-11-15-9-5-4-6-10-15/h4-6,9-10,12,14H,7-8,11,13H2,1-3H3,(H2,18,19,20)/b14-12+. The van der Waals surface area contributed by atoms with Gasteiger partial charge in [-0.3, -0.25) is 0 Å². The smallest absolute Gasteiger partial charge is 0.318 e. The number of amides is 2. The van der Waals surface area contributed by atoms with Crippen molar-refractivity contribution in [3.05, 3.63) is 48.2 Å². The van der Waals surface area contributed by atoms with Crippen molar-refractivity contribution < 1.29 is 4.79 Å². The Kier molecular flexibility index (Phi) is 6.85. The maximum Gasteiger partial charge on any atom is 0.318 e. The van der Waals surface area contributed by atoms with Gasteiger partial charge in [-0.2, -0.15) is 0 Å². The molecule has 0 aliphatic carbocycles. The van der Waals surface area contributed by atoms with Crippen LogP contribution >= 0.6 is 0 Å². The van der Waals surface area contributed by atoms with E-state index in [0.717, 1.165) is 19.3 Å². The van der Waals surface area contributed by atoms with Gasteiger partial charge in [-0.25, -0.2) is 4.79 Å². The molecule has 0 aliphatic heterocycles. The quantitative estimate of drug-likeness (QED) is 0.760. The van der Waals surface area contributed by atoms with Crippen LogP contribution in [-0.4, -0.2) is 12.6 Å². The van der Waals surface area contributed by atoms with Crippen molar-refractivity contribution in [1.82, 2.24) is 10.6 Å². The van der Waals surface area contributed by atoms with E-state index in [-0.39, 0.29) is 11.4 Å². The number of carbonyl (C=O) groups is 1. The second kappa shape index (κ2) is 8.41. The maximum absolute atomic E-state index is 11.5. The third-order valence-corrected chi connectivity index (χ3v) is 2.82. The van der Waals surface area contributed by atoms with Crippen LogP contribution in [0, 0.1) is 5.41 Å². The topological polar surface area (TPSA) is 41.1 Å². The number of allylic oxidation sites excluding steroid dienone is 1. The first-order valence-electron chi connectivity index (χ1n) is 7.23. The first-order valence-corrected chi connectivity index (χ1v) is 7.23. The summed E-state index contributed by atoms with van der Waals surface area (Å²) in [6.07, 6.45) is 6.82. The van der Waals surface area contributed by atoms with E-state index in [4.69, 9.17) is 0 Å². The lowest BCUT2D eigenvalue weighted by Crippen LogP contribution is -2.33. The molecule has 2 N–H and O–H groups in total. The van der Waals surface area contributed by atoms with E-state index in [1.807, 2.05) is 12.1 Å². The molecule has 0 atom stereocenters. The van der Waals surface area contributed by atoms with Gasteiger partial charge >= 0.3 is 6.03 Å². The third kappa shape index (κ3) is 8.35. The largest absolute Gasteiger partial charge is 0.338 e. The molecule has 1 aromatic carbocycles. The lowest BCUT2D eigenvalue weighted by molar-refractivity contribution is 0.244. The molecule has 0 saturated carbocycles. The molecule has 20 heavy (non-hydrogen) atoms. The number of rotatable bonds is 6. The Labute approximate surface area is 122 Å². The number of urea groups is 1. The van der Waals surface area contributed by atoms with Crippen LogP contribution in [0.2, 0.25) is 0 Å². The van der Waals surface area contributed by atoms with E-state index in [1.165, 1.54) is 5.56 Å². The number of hydrogen-bond donors (Lipinski definition) is 2. The summed E-state index contributed by atoms with van der Waals surface area (Å²) < 4.78 is 0. The molecule has 0 heterocycles. The molecule has 0 unspecified atom stereocenters. The first-order chi connectivity index (χ1) is 9.47. The molecule has 2 amide bonds. The Morgan fingerprint density at radius 1 is 1.15 bits per heavy atom. The Morgan fingerprint density at radius 2 is 1.85 bits per heavy atom. The van der Waals surface area contributed by atoms with Crippen LogP contribution in [0.4, 0.5) is 4.79 Å². The van der Waals surface area contributed by atoms with Gasteiger partial charge < -0.3 is 10.6 Å². The first kappa shape index (κ1) is 16.3. The highest BCUT2D eigenvalue weighted by molar-refractivity contribution is 5.74. The lowest BCUT2D eigenvalue weighted by atomic mass is 9.97. The normalized spacial score (nSPS) is 11.6. The van der Waals surface area contributed by atoms with Crippen LogP contribution in [0.5, 0.6) is 0 Å². The van der Waals surface area contributed by atoms with Crippen LogP contribution in [0.15, 0.2) is 42.6 Å². The number of carbonyl (C=O) groups excluding carboxylic acids is 1. The molecular formula is C17H26N2O. The summed E-state index contributed by atoms with van der Waals surface area (Å²) in [5.41, 5.74) is 1.44. The number of nitrogens with one attached hydrogen (secondary N) is 2. The lowest BCUT2D eigenvalue weighted by Gasteiger charge is -2.11. The van der Waals surface area contributed by atoms with E-state index in [2.05, 4.69) is 55.7 Å². The highest BCUT2D eigenvalue weighted by Gasteiger charge is 2.03. The van der Waals surface area contributed by atoms with E-state index in [0.29, 0.717) is 6.54 Å². The maximum atomic E-state index is 11.5. The van der Waals surface area contributed by atoms with Crippen molar-refractivity contribution in [3.8, 4) is 0 Å². The molecule has 1 rings (SSSR count). The molecular weight excluding hydrogens is 248 g/mol. The highest BCUT2D eigenvalue weighted by atomic mass is 16.2. The van der Waals surface area contributed by atoms with Crippen LogP contribution in [0.25, 0.3) is 0 Å². The van der Waals surface area contributed by atoms with E-state index >= 15 is 0 Å². The van der Waals surface area contributed by atoms with Crippen LogP contribution in [-0.2, 0) is 6.42 Å². The fourth-order valence-corrected chi connectivity index (χ4v) is 1.72. The molecule has 1 aromatic rings. The average molecular weight is 274 g/mol. The SMILES string of the molecule is CC(C)(C)/C=C/NC(=O)NCCCCc1ccccc1. The summed E-state index contributed by atoms with van der Waals surface area (Å²) in [6.45, 7) is 6.98. The predicted octanol–water partition coefficient (Wildman–Crippen LogP) is 3.87. The summed E-state index contributed by atoms with van der Waals surface area (Å²) in [4.78, 5) is 11.5. The van der Waals surface area contributed by atoms with Gasteiger partial charge in [-0.15, -0.1) is 0 Å². The summed E-state index contributed by atoms with van der Waals surface area (Å²) >= 11 is 0. The third-order valence-electron chi connectivity index (χ3n) is 2.82. The van der Waals surface area contributed by atoms with Crippen molar-refractivity contribution in [3.63, 3.8) is 0 Å². The average Bonchev–Trinajstić information content (AvgIpc) is 2.38. The number of unbranched alkanes of at least 4 members (excludes halogenated alkanes) is 1. The van der Waals surface area contributed by atoms with Gasteiger partial charge in [0.1, 0.15) is 0 Å². The van der Waals surface area contributed by atoms with Gasteiger partial charge in [0.25, 0.3) is 0 Å². The minimum Gasteiger partial charge on any atom is -0.338 e. The van der Waals surface area contributed by atoms with Gasteiger partial charge in [0.2, 0.25) is 0 Å². The Hall–Kier alpha value is -1.77. The molecule has 0 spiro atoms. The van der Waals surface area contributed by atoms with E-state index in [1.54, 1.807) is 6.20 Å². The van der Waals surface area contributed by atoms with Gasteiger partial charge in [0.15, 0.2) is 0 Å². The summed E-state index contributed by atoms with van der Waals surface area (Å²) in [5, 5.41) is 5.57. The van der Waals surface area contributed by atoms with Crippen molar-refractivity contribution in [1.29, 1.82) is 0 Å². The minimum atomic E-state index is -0.134. The zero-order chi connectivity index (χ0) is 14.8. The minimum absolute atomic E-state index is 0.0863. The van der Waals surface area contributed by atoms with Crippen molar-refractivity contribution in [2.75, 3.05) is 6.54 Å². The number of aryl methyl sites for hydroxylation is 1. The van der Waals surface area contributed by atoms with Gasteiger partial charge in [-0.1, -0.05) is 57.2 Å². The molecule has 110 valence electrons. The fraction of sp³-hybridized carbons (Fsp3) is 0.471.